The van der Waals surface area contributed by atoms with Gasteiger partial charge in [0, 0.05) is 0 Å². The van der Waals surface area contributed by atoms with Gasteiger partial charge in [-0.05, 0) is 68.2 Å². The summed E-state index contributed by atoms with van der Waals surface area (Å²) < 4.78 is 5.20. The fourth-order valence-electron chi connectivity index (χ4n) is 3.32. The van der Waals surface area contributed by atoms with E-state index < -0.39 is 0 Å². The van der Waals surface area contributed by atoms with Crippen molar-refractivity contribution in [3.63, 3.8) is 0 Å². The highest BCUT2D eigenvalue weighted by molar-refractivity contribution is 5.73. The van der Waals surface area contributed by atoms with Crippen LogP contribution >= 0.6 is 0 Å². The molecule has 0 saturated heterocycles. The number of hydrogen-bond acceptors (Lipinski definition) is 2. The van der Waals surface area contributed by atoms with Crippen LogP contribution in [-0.2, 0) is 16.0 Å². The molecule has 104 valence electrons. The molecule has 19 heavy (non-hydrogen) atoms. The van der Waals surface area contributed by atoms with E-state index in [4.69, 9.17) is 4.74 Å². The number of hydrogen-bond donors (Lipinski definition) is 0. The van der Waals surface area contributed by atoms with E-state index in [0.717, 1.165) is 12.8 Å². The van der Waals surface area contributed by atoms with Crippen LogP contribution < -0.4 is 0 Å². The summed E-state index contributed by atoms with van der Waals surface area (Å²) in [4.78, 5) is 12.0. The fraction of sp³-hybridized carbons (Fsp3) is 0.588. The van der Waals surface area contributed by atoms with E-state index >= 15 is 0 Å². The summed E-state index contributed by atoms with van der Waals surface area (Å²) in [6.07, 6.45) is 3.41. The maximum absolute atomic E-state index is 12.0. The van der Waals surface area contributed by atoms with Gasteiger partial charge >= 0.3 is 5.97 Å². The quantitative estimate of drug-likeness (QED) is 0.770. The van der Waals surface area contributed by atoms with E-state index in [2.05, 4.69) is 26.0 Å². The number of carbonyl (C=O) groups is 1. The average molecular weight is 260 g/mol. The minimum atomic E-state index is -0.0544. The SMILES string of the molecule is CCOC(=O)[C@H](C)[C@@H]1CCCc2c(C)ccc(C)c21. The standard InChI is InChI=1S/C17H24O2/c1-5-19-17(18)13(4)15-8-6-7-14-11(2)9-10-12(3)16(14)15/h9-10,13,15H,5-8H2,1-4H3/t13-,15+/m1/s1. The number of carbonyl (C=O) groups excluding carboxylic acids is 1. The lowest BCUT2D eigenvalue weighted by molar-refractivity contribution is -0.148. The molecule has 0 radical (unpaired) electrons. The first-order valence-corrected chi connectivity index (χ1v) is 7.31. The average Bonchev–Trinajstić information content (AvgIpc) is 2.42. The molecular weight excluding hydrogens is 236 g/mol. The molecule has 0 spiro atoms. The van der Waals surface area contributed by atoms with E-state index in [0.29, 0.717) is 12.5 Å². The zero-order valence-corrected chi connectivity index (χ0v) is 12.5. The van der Waals surface area contributed by atoms with Crippen LogP contribution in [0.4, 0.5) is 0 Å². The first-order chi connectivity index (χ1) is 9.06. The Balaban J connectivity index is 2.37. The van der Waals surface area contributed by atoms with Crippen LogP contribution in [0, 0.1) is 19.8 Å². The van der Waals surface area contributed by atoms with Gasteiger partial charge in [0.25, 0.3) is 0 Å². The summed E-state index contributed by atoms with van der Waals surface area (Å²) in [5.41, 5.74) is 5.56. The van der Waals surface area contributed by atoms with Crippen molar-refractivity contribution < 1.29 is 9.53 Å². The number of rotatable bonds is 3. The Morgan fingerprint density at radius 3 is 2.74 bits per heavy atom. The van der Waals surface area contributed by atoms with Crippen molar-refractivity contribution in [2.45, 2.75) is 52.9 Å². The molecule has 0 N–H and O–H groups in total. The van der Waals surface area contributed by atoms with Crippen LogP contribution in [0.15, 0.2) is 12.1 Å². The Morgan fingerprint density at radius 2 is 2.05 bits per heavy atom. The Hall–Kier alpha value is -1.31. The van der Waals surface area contributed by atoms with Gasteiger partial charge in [0.05, 0.1) is 12.5 Å². The van der Waals surface area contributed by atoms with Crippen LogP contribution in [0.5, 0.6) is 0 Å². The molecule has 2 heteroatoms. The number of ether oxygens (including phenoxy) is 1. The highest BCUT2D eigenvalue weighted by Crippen LogP contribution is 2.40. The molecule has 2 rings (SSSR count). The van der Waals surface area contributed by atoms with Gasteiger partial charge in [0.2, 0.25) is 0 Å². The third kappa shape index (κ3) is 2.68. The van der Waals surface area contributed by atoms with E-state index in [9.17, 15) is 4.79 Å². The minimum Gasteiger partial charge on any atom is -0.466 e. The maximum Gasteiger partial charge on any atom is 0.309 e. The molecule has 1 aromatic rings. The smallest absolute Gasteiger partial charge is 0.309 e. The predicted molar refractivity (Wildman–Crippen MR) is 77.4 cm³/mol. The summed E-state index contributed by atoms with van der Waals surface area (Å²) in [5.74, 6) is 0.225. The van der Waals surface area contributed by atoms with Crippen molar-refractivity contribution in [3.05, 3.63) is 34.4 Å². The van der Waals surface area contributed by atoms with Crippen LogP contribution in [0.25, 0.3) is 0 Å². The molecule has 2 atom stereocenters. The lowest BCUT2D eigenvalue weighted by Gasteiger charge is -2.31. The maximum atomic E-state index is 12.0. The van der Waals surface area contributed by atoms with E-state index in [1.807, 2.05) is 13.8 Å². The summed E-state index contributed by atoms with van der Waals surface area (Å²) in [6.45, 7) is 8.69. The second-order valence-corrected chi connectivity index (χ2v) is 5.63. The van der Waals surface area contributed by atoms with Gasteiger partial charge in [0.1, 0.15) is 0 Å². The highest BCUT2D eigenvalue weighted by Gasteiger charge is 2.31. The highest BCUT2D eigenvalue weighted by atomic mass is 16.5. The zero-order valence-electron chi connectivity index (χ0n) is 12.5. The van der Waals surface area contributed by atoms with Gasteiger partial charge in [-0.25, -0.2) is 0 Å². The Labute approximate surface area is 116 Å². The van der Waals surface area contributed by atoms with Crippen molar-refractivity contribution in [2.75, 3.05) is 6.61 Å². The second kappa shape index (κ2) is 5.77. The first-order valence-electron chi connectivity index (χ1n) is 7.31. The van der Waals surface area contributed by atoms with Crippen molar-refractivity contribution in [1.29, 1.82) is 0 Å². The minimum absolute atomic E-state index is 0.0421. The molecule has 0 fully saturated rings. The Bertz CT molecular complexity index is 476. The molecule has 0 heterocycles. The molecule has 1 aliphatic carbocycles. The molecule has 0 amide bonds. The molecule has 2 nitrogen and oxygen atoms in total. The number of aryl methyl sites for hydroxylation is 2. The van der Waals surface area contributed by atoms with Crippen LogP contribution in [0.2, 0.25) is 0 Å². The Morgan fingerprint density at radius 1 is 1.37 bits per heavy atom. The number of fused-ring (bicyclic) bond motifs is 1. The third-order valence-electron chi connectivity index (χ3n) is 4.38. The van der Waals surface area contributed by atoms with E-state index in [1.165, 1.54) is 28.7 Å². The Kier molecular flexibility index (Phi) is 4.28. The fourth-order valence-corrected chi connectivity index (χ4v) is 3.32. The largest absolute Gasteiger partial charge is 0.466 e. The van der Waals surface area contributed by atoms with Crippen LogP contribution in [0.3, 0.4) is 0 Å². The van der Waals surface area contributed by atoms with Crippen LogP contribution in [-0.4, -0.2) is 12.6 Å². The van der Waals surface area contributed by atoms with E-state index in [-0.39, 0.29) is 11.9 Å². The van der Waals surface area contributed by atoms with Gasteiger partial charge in [-0.2, -0.15) is 0 Å². The summed E-state index contributed by atoms with van der Waals surface area (Å²) in [6, 6.07) is 4.38. The van der Waals surface area contributed by atoms with Crippen molar-refractivity contribution >= 4 is 5.97 Å². The zero-order chi connectivity index (χ0) is 14.0. The molecule has 0 saturated carbocycles. The third-order valence-corrected chi connectivity index (χ3v) is 4.38. The summed E-state index contributed by atoms with van der Waals surface area (Å²) in [5, 5.41) is 0. The molecular formula is C17H24O2. The molecule has 0 aliphatic heterocycles. The lowest BCUT2D eigenvalue weighted by atomic mass is 9.73. The van der Waals surface area contributed by atoms with Gasteiger partial charge in [-0.1, -0.05) is 19.1 Å². The first kappa shape index (κ1) is 14.1. The van der Waals surface area contributed by atoms with Crippen molar-refractivity contribution in [3.8, 4) is 0 Å². The topological polar surface area (TPSA) is 26.3 Å². The predicted octanol–water partition coefficient (Wildman–Crippen LogP) is 3.92. The van der Waals surface area contributed by atoms with Crippen molar-refractivity contribution in [1.82, 2.24) is 0 Å². The van der Waals surface area contributed by atoms with Gasteiger partial charge < -0.3 is 4.74 Å². The monoisotopic (exact) mass is 260 g/mol. The van der Waals surface area contributed by atoms with Gasteiger partial charge in [-0.15, -0.1) is 0 Å². The van der Waals surface area contributed by atoms with Gasteiger partial charge in [0.15, 0.2) is 0 Å². The van der Waals surface area contributed by atoms with Crippen molar-refractivity contribution in [2.24, 2.45) is 5.92 Å². The van der Waals surface area contributed by atoms with Gasteiger partial charge in [-0.3, -0.25) is 4.79 Å². The molecule has 1 aliphatic rings. The van der Waals surface area contributed by atoms with E-state index in [1.54, 1.807) is 0 Å². The summed E-state index contributed by atoms with van der Waals surface area (Å²) >= 11 is 0. The summed E-state index contributed by atoms with van der Waals surface area (Å²) in [7, 11) is 0. The van der Waals surface area contributed by atoms with Crippen LogP contribution in [0.1, 0.15) is 54.9 Å². The lowest BCUT2D eigenvalue weighted by Crippen LogP contribution is -2.26. The molecule has 1 aromatic carbocycles. The normalized spacial score (nSPS) is 19.7. The number of benzene rings is 1. The number of esters is 1. The second-order valence-electron chi connectivity index (χ2n) is 5.63. The molecule has 0 aromatic heterocycles. The molecule has 0 bridgehead atoms. The molecule has 0 unspecified atom stereocenters.